The van der Waals surface area contributed by atoms with Crippen LogP contribution < -0.4 is 20.5 Å². The summed E-state index contributed by atoms with van der Waals surface area (Å²) in [6.07, 6.45) is -0.508. The van der Waals surface area contributed by atoms with Crippen LogP contribution in [-0.4, -0.2) is 32.5 Å². The van der Waals surface area contributed by atoms with Gasteiger partial charge in [0.1, 0.15) is 17.1 Å². The van der Waals surface area contributed by atoms with Crippen molar-refractivity contribution in [3.63, 3.8) is 0 Å². The van der Waals surface area contributed by atoms with Gasteiger partial charge in [0, 0.05) is 6.54 Å². The lowest BCUT2D eigenvalue weighted by Crippen LogP contribution is -2.36. The molecule has 0 aliphatic carbocycles. The highest BCUT2D eigenvalue weighted by atomic mass is 16.6. The Hall–Kier alpha value is -1.95. The molecule has 1 atom stereocenters. The Labute approximate surface area is 125 Å². The lowest BCUT2D eigenvalue weighted by molar-refractivity contribution is 0.0524. The highest BCUT2D eigenvalue weighted by Crippen LogP contribution is 2.32. The molecule has 0 spiro atoms. The van der Waals surface area contributed by atoms with Crippen molar-refractivity contribution in [2.75, 3.05) is 20.8 Å². The van der Waals surface area contributed by atoms with Crippen LogP contribution in [0.2, 0.25) is 0 Å². The van der Waals surface area contributed by atoms with E-state index in [-0.39, 0.29) is 6.54 Å². The molecular weight excluding hydrogens is 272 g/mol. The summed E-state index contributed by atoms with van der Waals surface area (Å²) in [5.74, 6) is 1.24. The number of carbonyl (C=O) groups excluding carboxylic acids is 1. The van der Waals surface area contributed by atoms with Gasteiger partial charge in [-0.3, -0.25) is 0 Å². The van der Waals surface area contributed by atoms with Crippen molar-refractivity contribution in [1.82, 2.24) is 5.32 Å². The van der Waals surface area contributed by atoms with E-state index in [0.717, 1.165) is 0 Å². The van der Waals surface area contributed by atoms with Crippen LogP contribution in [0.1, 0.15) is 32.4 Å². The van der Waals surface area contributed by atoms with Gasteiger partial charge in [0.25, 0.3) is 0 Å². The Morgan fingerprint density at radius 1 is 1.24 bits per heavy atom. The van der Waals surface area contributed by atoms with E-state index in [9.17, 15) is 4.79 Å². The van der Waals surface area contributed by atoms with E-state index < -0.39 is 17.7 Å². The summed E-state index contributed by atoms with van der Waals surface area (Å²) in [6, 6.07) is 4.94. The number of carbonyl (C=O) groups is 1. The lowest BCUT2D eigenvalue weighted by Gasteiger charge is -2.22. The van der Waals surface area contributed by atoms with E-state index in [1.54, 1.807) is 47.1 Å². The minimum atomic E-state index is -0.545. The second kappa shape index (κ2) is 7.17. The highest BCUT2D eigenvalue weighted by molar-refractivity contribution is 5.67. The number of benzene rings is 1. The molecular formula is C15H24N2O4. The van der Waals surface area contributed by atoms with Gasteiger partial charge < -0.3 is 25.3 Å². The number of ether oxygens (including phenoxy) is 3. The topological polar surface area (TPSA) is 82.8 Å². The summed E-state index contributed by atoms with van der Waals surface area (Å²) in [5.41, 5.74) is 6.29. The van der Waals surface area contributed by atoms with Gasteiger partial charge in [0.05, 0.1) is 25.8 Å². The van der Waals surface area contributed by atoms with Gasteiger partial charge in [0.2, 0.25) is 0 Å². The van der Waals surface area contributed by atoms with E-state index in [1.165, 1.54) is 0 Å². The first-order valence-corrected chi connectivity index (χ1v) is 6.71. The van der Waals surface area contributed by atoms with Crippen molar-refractivity contribution >= 4 is 6.09 Å². The maximum Gasteiger partial charge on any atom is 0.407 e. The van der Waals surface area contributed by atoms with E-state index in [2.05, 4.69) is 5.32 Å². The lowest BCUT2D eigenvalue weighted by atomic mass is 10.1. The zero-order chi connectivity index (χ0) is 16.0. The van der Waals surface area contributed by atoms with E-state index >= 15 is 0 Å². The number of nitrogens with one attached hydrogen (secondary N) is 1. The van der Waals surface area contributed by atoms with Crippen LogP contribution in [0.4, 0.5) is 4.79 Å². The molecule has 0 fully saturated rings. The molecule has 1 amide bonds. The van der Waals surface area contributed by atoms with Crippen LogP contribution in [0.3, 0.4) is 0 Å². The molecule has 0 heterocycles. The first-order valence-electron chi connectivity index (χ1n) is 6.71. The number of hydrogen-bond donors (Lipinski definition) is 2. The number of amides is 1. The van der Waals surface area contributed by atoms with Gasteiger partial charge in [-0.25, -0.2) is 4.79 Å². The fourth-order valence-electron chi connectivity index (χ4n) is 1.85. The van der Waals surface area contributed by atoms with Gasteiger partial charge in [-0.15, -0.1) is 0 Å². The molecule has 0 bridgehead atoms. The van der Waals surface area contributed by atoms with Gasteiger partial charge >= 0.3 is 6.09 Å². The molecule has 1 rings (SSSR count). The molecule has 6 nitrogen and oxygen atoms in total. The maximum atomic E-state index is 11.7. The maximum absolute atomic E-state index is 11.7. The molecule has 0 saturated carbocycles. The molecule has 21 heavy (non-hydrogen) atoms. The number of hydrogen-bond acceptors (Lipinski definition) is 5. The standard InChI is InChI=1S/C15H24N2O4/c1-15(2,3)21-14(18)17-9-10(16)13-11(19-4)7-6-8-12(13)20-5/h6-8,10H,9,16H2,1-5H3,(H,17,18). The Morgan fingerprint density at radius 2 is 1.76 bits per heavy atom. The van der Waals surface area contributed by atoms with E-state index in [0.29, 0.717) is 17.1 Å². The average Bonchev–Trinajstić information content (AvgIpc) is 2.41. The van der Waals surface area contributed by atoms with Crippen LogP contribution in [0, 0.1) is 0 Å². The minimum absolute atomic E-state index is 0.214. The van der Waals surface area contributed by atoms with E-state index in [4.69, 9.17) is 19.9 Å². The predicted octanol–water partition coefficient (Wildman–Crippen LogP) is 2.23. The number of nitrogens with two attached hydrogens (primary N) is 1. The number of rotatable bonds is 5. The first-order chi connectivity index (χ1) is 9.78. The van der Waals surface area contributed by atoms with Gasteiger partial charge in [-0.1, -0.05) is 6.07 Å². The molecule has 1 aromatic rings. The molecule has 1 unspecified atom stereocenters. The second-order valence-electron chi connectivity index (χ2n) is 5.57. The molecule has 1 aromatic carbocycles. The molecule has 3 N–H and O–H groups in total. The predicted molar refractivity (Wildman–Crippen MR) is 80.7 cm³/mol. The van der Waals surface area contributed by atoms with Crippen LogP contribution in [0.25, 0.3) is 0 Å². The van der Waals surface area contributed by atoms with Crippen molar-refractivity contribution in [1.29, 1.82) is 0 Å². The number of alkyl carbamates (subject to hydrolysis) is 1. The zero-order valence-corrected chi connectivity index (χ0v) is 13.2. The normalized spacial score (nSPS) is 12.5. The van der Waals surface area contributed by atoms with Gasteiger partial charge in [-0.05, 0) is 32.9 Å². The summed E-state index contributed by atoms with van der Waals surface area (Å²) >= 11 is 0. The first kappa shape index (κ1) is 17.1. The molecule has 0 saturated heterocycles. The van der Waals surface area contributed by atoms with Crippen LogP contribution in [0.5, 0.6) is 11.5 Å². The Morgan fingerprint density at radius 3 is 2.19 bits per heavy atom. The Kier molecular flexibility index (Phi) is 5.84. The monoisotopic (exact) mass is 296 g/mol. The summed E-state index contributed by atoms with van der Waals surface area (Å²) in [7, 11) is 3.12. The second-order valence-corrected chi connectivity index (χ2v) is 5.57. The van der Waals surface area contributed by atoms with Crippen molar-refractivity contribution in [3.8, 4) is 11.5 Å². The van der Waals surface area contributed by atoms with Gasteiger partial charge in [0.15, 0.2) is 0 Å². The minimum Gasteiger partial charge on any atom is -0.496 e. The summed E-state index contributed by atoms with van der Waals surface area (Å²) in [5, 5.41) is 2.64. The zero-order valence-electron chi connectivity index (χ0n) is 13.2. The molecule has 0 aliphatic rings. The van der Waals surface area contributed by atoms with Crippen LogP contribution in [0.15, 0.2) is 18.2 Å². The summed E-state index contributed by atoms with van der Waals surface area (Å²) in [6.45, 7) is 5.62. The number of methoxy groups -OCH3 is 2. The third-order valence-corrected chi connectivity index (χ3v) is 2.70. The molecule has 118 valence electrons. The fraction of sp³-hybridized carbons (Fsp3) is 0.533. The summed E-state index contributed by atoms with van der Waals surface area (Å²) < 4.78 is 15.8. The third kappa shape index (κ3) is 5.15. The van der Waals surface area contributed by atoms with Crippen molar-refractivity contribution in [2.45, 2.75) is 32.4 Å². The van der Waals surface area contributed by atoms with Gasteiger partial charge in [-0.2, -0.15) is 0 Å². The van der Waals surface area contributed by atoms with Crippen LogP contribution in [-0.2, 0) is 4.74 Å². The third-order valence-electron chi connectivity index (χ3n) is 2.70. The van der Waals surface area contributed by atoms with Crippen LogP contribution >= 0.6 is 0 Å². The Bertz CT molecular complexity index is 461. The summed E-state index contributed by atoms with van der Waals surface area (Å²) in [4.78, 5) is 11.7. The average molecular weight is 296 g/mol. The quantitative estimate of drug-likeness (QED) is 0.870. The fourth-order valence-corrected chi connectivity index (χ4v) is 1.85. The smallest absolute Gasteiger partial charge is 0.407 e. The molecule has 0 aliphatic heterocycles. The molecule has 0 aromatic heterocycles. The van der Waals surface area contributed by atoms with E-state index in [1.807, 2.05) is 6.07 Å². The molecule has 0 radical (unpaired) electrons. The SMILES string of the molecule is COc1cccc(OC)c1C(N)CNC(=O)OC(C)(C)C. The highest BCUT2D eigenvalue weighted by Gasteiger charge is 2.20. The largest absolute Gasteiger partial charge is 0.496 e. The van der Waals surface area contributed by atoms with Crippen molar-refractivity contribution in [3.05, 3.63) is 23.8 Å². The Balaban J connectivity index is 2.76. The van der Waals surface area contributed by atoms with Crippen molar-refractivity contribution in [2.24, 2.45) is 5.73 Å². The van der Waals surface area contributed by atoms with Crippen molar-refractivity contribution < 1.29 is 19.0 Å². The molecule has 6 heteroatoms.